The second-order valence-corrected chi connectivity index (χ2v) is 6.01. The Morgan fingerprint density at radius 1 is 1.33 bits per heavy atom. The normalized spacial score (nSPS) is 11.2. The summed E-state index contributed by atoms with van der Waals surface area (Å²) in [6, 6.07) is 8.18. The van der Waals surface area contributed by atoms with Crippen LogP contribution in [0, 0.1) is 16.9 Å². The van der Waals surface area contributed by atoms with E-state index in [1.54, 1.807) is 6.19 Å². The van der Waals surface area contributed by atoms with Crippen LogP contribution >= 0.6 is 0 Å². The van der Waals surface area contributed by atoms with Gasteiger partial charge in [-0.15, -0.1) is 0 Å². The van der Waals surface area contributed by atoms with Crippen molar-refractivity contribution in [3.05, 3.63) is 30.0 Å². The molecule has 0 aliphatic heterocycles. The monoisotopic (exact) mass is 283 g/mol. The number of nitrogens with zero attached hydrogens (tertiary/aromatic N) is 2. The third-order valence-corrected chi connectivity index (χ3v) is 3.36. The summed E-state index contributed by atoms with van der Waals surface area (Å²) in [7, 11) is 0. The topological polar surface area (TPSA) is 76.6 Å². The summed E-state index contributed by atoms with van der Waals surface area (Å²) in [4.78, 5) is 0. The number of nitrogens with one attached hydrogen (secondary N) is 3. The van der Waals surface area contributed by atoms with Crippen molar-refractivity contribution in [2.45, 2.75) is 39.7 Å². The van der Waals surface area contributed by atoms with Crippen molar-refractivity contribution in [2.75, 3.05) is 5.32 Å². The van der Waals surface area contributed by atoms with Crippen LogP contribution in [0.15, 0.2) is 24.3 Å². The van der Waals surface area contributed by atoms with Crippen LogP contribution < -0.4 is 10.6 Å². The van der Waals surface area contributed by atoms with Gasteiger partial charge in [0.25, 0.3) is 0 Å². The van der Waals surface area contributed by atoms with Gasteiger partial charge in [-0.2, -0.15) is 5.26 Å². The first-order chi connectivity index (χ1) is 9.86. The van der Waals surface area contributed by atoms with Crippen LogP contribution in [0.1, 0.15) is 33.4 Å². The molecule has 110 valence electrons. The zero-order valence-electron chi connectivity index (χ0n) is 12.9. The van der Waals surface area contributed by atoms with Gasteiger partial charge >= 0.3 is 0 Å². The lowest BCUT2D eigenvalue weighted by atomic mass is 10.1. The summed E-state index contributed by atoms with van der Waals surface area (Å²) >= 11 is 0. The maximum atomic E-state index is 8.50. The lowest BCUT2D eigenvalue weighted by Crippen LogP contribution is -2.25. The zero-order chi connectivity index (χ0) is 15.6. The number of aryl methyl sites for hydroxylation is 1. The highest BCUT2D eigenvalue weighted by Crippen LogP contribution is 2.29. The predicted molar refractivity (Wildman–Crippen MR) is 86.4 cm³/mol. The van der Waals surface area contributed by atoms with Crippen LogP contribution in [0.5, 0.6) is 0 Å². The average Bonchev–Trinajstić information content (AvgIpc) is 2.76. The van der Waals surface area contributed by atoms with Crippen molar-refractivity contribution in [3.8, 4) is 6.19 Å². The summed E-state index contributed by atoms with van der Waals surface area (Å²) in [5.74, 6) is -0.0252. The van der Waals surface area contributed by atoms with Gasteiger partial charge in [0.2, 0.25) is 5.96 Å². The number of anilines is 1. The molecule has 2 rings (SSSR count). The summed E-state index contributed by atoms with van der Waals surface area (Å²) < 4.78 is 2.35. The SMILES string of the molecule is CCc1cc2cc(NC(=N)NC#N)ccc2n1C(C)(C)C. The third-order valence-electron chi connectivity index (χ3n) is 3.36. The van der Waals surface area contributed by atoms with Crippen molar-refractivity contribution in [1.82, 2.24) is 9.88 Å². The van der Waals surface area contributed by atoms with Crippen LogP contribution in [0.3, 0.4) is 0 Å². The molecule has 5 nitrogen and oxygen atoms in total. The first kappa shape index (κ1) is 14.9. The van der Waals surface area contributed by atoms with E-state index < -0.39 is 0 Å². The van der Waals surface area contributed by atoms with Gasteiger partial charge in [-0.1, -0.05) is 6.92 Å². The Morgan fingerprint density at radius 3 is 2.62 bits per heavy atom. The Kier molecular flexibility index (Phi) is 3.90. The molecule has 1 heterocycles. The summed E-state index contributed by atoms with van der Waals surface area (Å²) in [5.41, 5.74) is 3.30. The van der Waals surface area contributed by atoms with Gasteiger partial charge in [-0.05, 0) is 51.5 Å². The highest BCUT2D eigenvalue weighted by Gasteiger charge is 2.19. The number of nitriles is 1. The zero-order valence-corrected chi connectivity index (χ0v) is 12.9. The first-order valence-corrected chi connectivity index (χ1v) is 7.02. The minimum Gasteiger partial charge on any atom is -0.339 e. The van der Waals surface area contributed by atoms with E-state index in [1.165, 1.54) is 11.2 Å². The second-order valence-electron chi connectivity index (χ2n) is 6.01. The molecule has 5 heteroatoms. The van der Waals surface area contributed by atoms with E-state index in [9.17, 15) is 0 Å². The van der Waals surface area contributed by atoms with E-state index >= 15 is 0 Å². The number of hydrogen-bond acceptors (Lipinski definition) is 2. The molecule has 0 atom stereocenters. The second kappa shape index (κ2) is 5.49. The Bertz CT molecular complexity index is 713. The molecule has 0 fully saturated rings. The highest BCUT2D eigenvalue weighted by atomic mass is 15.1. The molecule has 0 saturated carbocycles. The fraction of sp³-hybridized carbons (Fsp3) is 0.375. The fourth-order valence-corrected chi connectivity index (χ4v) is 2.63. The van der Waals surface area contributed by atoms with Crippen LogP contribution in [-0.2, 0) is 12.0 Å². The van der Waals surface area contributed by atoms with Crippen LogP contribution in [-0.4, -0.2) is 10.5 Å². The van der Waals surface area contributed by atoms with Crippen molar-refractivity contribution in [2.24, 2.45) is 0 Å². The Morgan fingerprint density at radius 2 is 2.05 bits per heavy atom. The molecule has 0 saturated heterocycles. The molecule has 3 N–H and O–H groups in total. The van der Waals surface area contributed by atoms with E-state index in [0.29, 0.717) is 0 Å². The van der Waals surface area contributed by atoms with Crippen molar-refractivity contribution in [1.29, 1.82) is 10.7 Å². The molecule has 1 aromatic carbocycles. The maximum Gasteiger partial charge on any atom is 0.206 e. The van der Waals surface area contributed by atoms with Crippen LogP contribution in [0.2, 0.25) is 0 Å². The fourth-order valence-electron chi connectivity index (χ4n) is 2.63. The van der Waals surface area contributed by atoms with Crippen molar-refractivity contribution < 1.29 is 0 Å². The third kappa shape index (κ3) is 3.00. The van der Waals surface area contributed by atoms with Crippen LogP contribution in [0.25, 0.3) is 10.9 Å². The molecule has 0 spiro atoms. The van der Waals surface area contributed by atoms with Gasteiger partial charge in [-0.3, -0.25) is 10.7 Å². The molecule has 0 bridgehead atoms. The molecular formula is C16H21N5. The Hall–Kier alpha value is -2.48. The molecule has 0 unspecified atom stereocenters. The van der Waals surface area contributed by atoms with E-state index in [0.717, 1.165) is 17.5 Å². The molecular weight excluding hydrogens is 262 g/mol. The highest BCUT2D eigenvalue weighted by molar-refractivity contribution is 5.95. The average molecular weight is 283 g/mol. The number of fused-ring (bicyclic) bond motifs is 1. The molecule has 1 aromatic heterocycles. The largest absolute Gasteiger partial charge is 0.339 e. The van der Waals surface area contributed by atoms with Gasteiger partial charge in [0.05, 0.1) is 0 Å². The minimum absolute atomic E-state index is 0.0249. The van der Waals surface area contributed by atoms with Gasteiger partial charge in [0, 0.05) is 27.8 Å². The van der Waals surface area contributed by atoms with Crippen LogP contribution in [0.4, 0.5) is 5.69 Å². The van der Waals surface area contributed by atoms with Gasteiger partial charge in [0.1, 0.15) is 0 Å². The summed E-state index contributed by atoms with van der Waals surface area (Å²) in [6.07, 6.45) is 2.70. The first-order valence-electron chi connectivity index (χ1n) is 7.02. The molecule has 2 aromatic rings. The Balaban J connectivity index is 2.46. The maximum absolute atomic E-state index is 8.50. The molecule has 0 aliphatic rings. The molecule has 0 aliphatic carbocycles. The Labute approximate surface area is 125 Å². The predicted octanol–water partition coefficient (Wildman–Crippen LogP) is 3.38. The number of aromatic nitrogens is 1. The smallest absolute Gasteiger partial charge is 0.206 e. The minimum atomic E-state index is -0.0252. The quantitative estimate of drug-likeness (QED) is 0.342. The standard InChI is InChI=1S/C16H21N5/c1-5-13-9-11-8-12(20-15(18)19-10-17)6-7-14(11)21(13)16(2,3)4/h6-9H,5H2,1-4H3,(H3,18,19,20). The number of guanidine groups is 1. The number of benzene rings is 1. The summed E-state index contributed by atoms with van der Waals surface area (Å²) in [6.45, 7) is 8.75. The van der Waals surface area contributed by atoms with Gasteiger partial charge < -0.3 is 9.88 Å². The number of hydrogen-bond donors (Lipinski definition) is 3. The lowest BCUT2D eigenvalue weighted by molar-refractivity contribution is 0.399. The van der Waals surface area contributed by atoms with Gasteiger partial charge in [0.15, 0.2) is 6.19 Å². The molecule has 21 heavy (non-hydrogen) atoms. The van der Waals surface area contributed by atoms with E-state index in [4.69, 9.17) is 10.7 Å². The van der Waals surface area contributed by atoms with Crippen molar-refractivity contribution in [3.63, 3.8) is 0 Å². The summed E-state index contributed by atoms with van der Waals surface area (Å²) in [5, 5.41) is 22.3. The van der Waals surface area contributed by atoms with E-state index in [2.05, 4.69) is 55.0 Å². The van der Waals surface area contributed by atoms with Gasteiger partial charge in [-0.25, -0.2) is 0 Å². The van der Waals surface area contributed by atoms with E-state index in [1.807, 2.05) is 12.1 Å². The lowest BCUT2D eigenvalue weighted by Gasteiger charge is -2.25. The number of rotatable bonds is 2. The van der Waals surface area contributed by atoms with E-state index in [-0.39, 0.29) is 11.5 Å². The molecule has 0 radical (unpaired) electrons. The van der Waals surface area contributed by atoms with Crippen molar-refractivity contribution >= 4 is 22.5 Å². The molecule has 0 amide bonds.